The molecule has 1 saturated carbocycles. The summed E-state index contributed by atoms with van der Waals surface area (Å²) in [6.07, 6.45) is 9.68. The Morgan fingerprint density at radius 3 is 2.38 bits per heavy atom. The van der Waals surface area contributed by atoms with Crippen LogP contribution in [0.2, 0.25) is 0 Å². The molecule has 2 heteroatoms. The van der Waals surface area contributed by atoms with E-state index in [9.17, 15) is 0 Å². The van der Waals surface area contributed by atoms with Gasteiger partial charge in [-0.3, -0.25) is 0 Å². The second-order valence-corrected chi connectivity index (χ2v) is 6.99. The summed E-state index contributed by atoms with van der Waals surface area (Å²) < 4.78 is 0. The summed E-state index contributed by atoms with van der Waals surface area (Å²) in [6, 6.07) is 12.4. The molecule has 0 bridgehead atoms. The van der Waals surface area contributed by atoms with E-state index in [-0.39, 0.29) is 0 Å². The first-order valence-electron chi connectivity index (χ1n) is 8.89. The first-order valence-corrected chi connectivity index (χ1v) is 8.89. The van der Waals surface area contributed by atoms with Crippen LogP contribution in [0, 0.1) is 5.92 Å². The Balaban J connectivity index is 1.49. The van der Waals surface area contributed by atoms with Gasteiger partial charge in [0.05, 0.1) is 0 Å². The fraction of sp³-hybridized carbons (Fsp3) is 0.684. The van der Waals surface area contributed by atoms with Crippen LogP contribution >= 0.6 is 0 Å². The third-order valence-electron chi connectivity index (χ3n) is 5.43. The Bertz CT molecular complexity index is 409. The van der Waals surface area contributed by atoms with Crippen molar-refractivity contribution in [3.8, 4) is 0 Å². The van der Waals surface area contributed by atoms with E-state index in [1.807, 2.05) is 0 Å². The number of anilines is 1. The van der Waals surface area contributed by atoms with E-state index >= 15 is 0 Å². The Labute approximate surface area is 129 Å². The van der Waals surface area contributed by atoms with Crippen molar-refractivity contribution in [1.82, 2.24) is 5.32 Å². The van der Waals surface area contributed by atoms with E-state index in [4.69, 9.17) is 0 Å². The van der Waals surface area contributed by atoms with Crippen molar-refractivity contribution < 1.29 is 0 Å². The number of para-hydroxylation sites is 1. The highest BCUT2D eigenvalue weighted by Crippen LogP contribution is 2.25. The van der Waals surface area contributed by atoms with Gasteiger partial charge >= 0.3 is 0 Å². The maximum Gasteiger partial charge on any atom is 0.0366 e. The zero-order chi connectivity index (χ0) is 14.5. The Morgan fingerprint density at radius 2 is 1.62 bits per heavy atom. The highest BCUT2D eigenvalue weighted by Gasteiger charge is 2.25. The lowest BCUT2D eigenvalue weighted by molar-refractivity contribution is 0.293. The molecule has 0 amide bonds. The Kier molecular flexibility index (Phi) is 5.18. The van der Waals surface area contributed by atoms with Crippen LogP contribution in [0.1, 0.15) is 51.9 Å². The van der Waals surface area contributed by atoms with Crippen molar-refractivity contribution in [2.45, 2.75) is 64.0 Å². The van der Waals surface area contributed by atoms with Crippen LogP contribution in [0.4, 0.5) is 5.69 Å². The van der Waals surface area contributed by atoms with Crippen LogP contribution < -0.4 is 10.2 Å². The third kappa shape index (κ3) is 4.00. The largest absolute Gasteiger partial charge is 0.371 e. The Hall–Kier alpha value is -1.02. The lowest BCUT2D eigenvalue weighted by atomic mass is 9.94. The van der Waals surface area contributed by atoms with Crippen LogP contribution in [0.25, 0.3) is 0 Å². The SMILES string of the molecule is CC1CCCCCC1NC1CCN(c2ccccc2)CC1. The fourth-order valence-corrected chi connectivity index (χ4v) is 3.99. The van der Waals surface area contributed by atoms with Crippen LogP contribution in [-0.2, 0) is 0 Å². The molecule has 2 fully saturated rings. The topological polar surface area (TPSA) is 15.3 Å². The minimum Gasteiger partial charge on any atom is -0.371 e. The van der Waals surface area contributed by atoms with Gasteiger partial charge in [0.1, 0.15) is 0 Å². The molecule has 2 unspecified atom stereocenters. The van der Waals surface area contributed by atoms with Crippen LogP contribution in [0.15, 0.2) is 30.3 Å². The minimum atomic E-state index is 0.732. The maximum absolute atomic E-state index is 3.99. The van der Waals surface area contributed by atoms with E-state index in [0.717, 1.165) is 18.0 Å². The minimum absolute atomic E-state index is 0.732. The average Bonchev–Trinajstić information content (AvgIpc) is 2.74. The highest BCUT2D eigenvalue weighted by atomic mass is 15.1. The summed E-state index contributed by atoms with van der Waals surface area (Å²) in [7, 11) is 0. The monoisotopic (exact) mass is 286 g/mol. The fourth-order valence-electron chi connectivity index (χ4n) is 3.99. The molecule has 1 saturated heterocycles. The summed E-state index contributed by atoms with van der Waals surface area (Å²) in [4.78, 5) is 2.54. The molecule has 3 rings (SSSR count). The molecule has 21 heavy (non-hydrogen) atoms. The predicted octanol–water partition coefficient (Wildman–Crippen LogP) is 4.21. The van der Waals surface area contributed by atoms with Gasteiger partial charge in [0, 0.05) is 30.9 Å². The van der Waals surface area contributed by atoms with Gasteiger partial charge in [0.15, 0.2) is 0 Å². The molecule has 1 aromatic rings. The number of rotatable bonds is 3. The number of benzene rings is 1. The summed E-state index contributed by atoms with van der Waals surface area (Å²) in [5, 5.41) is 3.99. The van der Waals surface area contributed by atoms with Gasteiger partial charge in [-0.05, 0) is 43.7 Å². The summed E-state index contributed by atoms with van der Waals surface area (Å²) in [6.45, 7) is 4.84. The van der Waals surface area contributed by atoms with E-state index in [1.54, 1.807) is 0 Å². The molecule has 0 radical (unpaired) electrons. The number of hydrogen-bond acceptors (Lipinski definition) is 2. The third-order valence-corrected chi connectivity index (χ3v) is 5.43. The molecule has 1 N–H and O–H groups in total. The lowest BCUT2D eigenvalue weighted by Gasteiger charge is -2.37. The summed E-state index contributed by atoms with van der Waals surface area (Å²) >= 11 is 0. The number of nitrogens with zero attached hydrogens (tertiary/aromatic N) is 1. The van der Waals surface area contributed by atoms with Gasteiger partial charge < -0.3 is 10.2 Å². The Morgan fingerprint density at radius 1 is 0.905 bits per heavy atom. The lowest BCUT2D eigenvalue weighted by Crippen LogP contribution is -2.48. The average molecular weight is 286 g/mol. The standard InChI is InChI=1S/C19H30N2/c1-16-8-4-2-7-11-19(16)20-17-12-14-21(15-13-17)18-9-5-3-6-10-18/h3,5-6,9-10,16-17,19-20H,2,4,7-8,11-15H2,1H3. The predicted molar refractivity (Wildman–Crippen MR) is 90.8 cm³/mol. The first-order chi connectivity index (χ1) is 10.3. The molecule has 1 aliphatic heterocycles. The second kappa shape index (κ2) is 7.31. The highest BCUT2D eigenvalue weighted by molar-refractivity contribution is 5.46. The van der Waals surface area contributed by atoms with Crippen molar-refractivity contribution in [2.75, 3.05) is 18.0 Å². The molecule has 0 spiro atoms. The molecule has 1 heterocycles. The molecule has 1 aromatic carbocycles. The van der Waals surface area contributed by atoms with E-state index in [0.29, 0.717) is 0 Å². The molecule has 0 aromatic heterocycles. The molecule has 2 aliphatic rings. The van der Waals surface area contributed by atoms with Crippen molar-refractivity contribution >= 4 is 5.69 Å². The normalized spacial score (nSPS) is 28.3. The van der Waals surface area contributed by atoms with Crippen molar-refractivity contribution in [3.63, 3.8) is 0 Å². The number of hydrogen-bond donors (Lipinski definition) is 1. The van der Waals surface area contributed by atoms with Gasteiger partial charge in [-0.2, -0.15) is 0 Å². The number of piperidine rings is 1. The van der Waals surface area contributed by atoms with Crippen LogP contribution in [-0.4, -0.2) is 25.2 Å². The van der Waals surface area contributed by atoms with Gasteiger partial charge in [0.2, 0.25) is 0 Å². The smallest absolute Gasteiger partial charge is 0.0366 e. The van der Waals surface area contributed by atoms with Gasteiger partial charge in [0.25, 0.3) is 0 Å². The zero-order valence-electron chi connectivity index (χ0n) is 13.4. The van der Waals surface area contributed by atoms with Gasteiger partial charge in [-0.1, -0.05) is 44.4 Å². The summed E-state index contributed by atoms with van der Waals surface area (Å²) in [5.74, 6) is 0.861. The maximum atomic E-state index is 3.99. The molecular formula is C19H30N2. The molecular weight excluding hydrogens is 256 g/mol. The quantitative estimate of drug-likeness (QED) is 0.837. The zero-order valence-corrected chi connectivity index (χ0v) is 13.4. The molecule has 2 nitrogen and oxygen atoms in total. The van der Waals surface area contributed by atoms with Crippen molar-refractivity contribution in [2.24, 2.45) is 5.92 Å². The van der Waals surface area contributed by atoms with Crippen LogP contribution in [0.5, 0.6) is 0 Å². The molecule has 116 valence electrons. The van der Waals surface area contributed by atoms with E-state index in [2.05, 4.69) is 47.5 Å². The molecule has 2 atom stereocenters. The van der Waals surface area contributed by atoms with Crippen molar-refractivity contribution in [3.05, 3.63) is 30.3 Å². The summed E-state index contributed by atoms with van der Waals surface area (Å²) in [5.41, 5.74) is 1.39. The van der Waals surface area contributed by atoms with E-state index < -0.39 is 0 Å². The van der Waals surface area contributed by atoms with Gasteiger partial charge in [-0.25, -0.2) is 0 Å². The van der Waals surface area contributed by atoms with Gasteiger partial charge in [-0.15, -0.1) is 0 Å². The van der Waals surface area contributed by atoms with E-state index in [1.165, 1.54) is 63.7 Å². The van der Waals surface area contributed by atoms with Crippen molar-refractivity contribution in [1.29, 1.82) is 0 Å². The number of nitrogens with one attached hydrogen (secondary N) is 1. The second-order valence-electron chi connectivity index (χ2n) is 6.99. The molecule has 1 aliphatic carbocycles. The first kappa shape index (κ1) is 14.9. The van der Waals surface area contributed by atoms with Crippen LogP contribution in [0.3, 0.4) is 0 Å².